The number of nitrogens with zero attached hydrogens (tertiary/aromatic N) is 1. The van der Waals surface area contributed by atoms with Crippen molar-refractivity contribution in [1.82, 2.24) is 5.43 Å². The van der Waals surface area contributed by atoms with Crippen LogP contribution in [0.5, 0.6) is 11.5 Å². The van der Waals surface area contributed by atoms with E-state index in [2.05, 4.69) is 10.5 Å². The van der Waals surface area contributed by atoms with Gasteiger partial charge in [-0.15, -0.1) is 0 Å². The van der Waals surface area contributed by atoms with Gasteiger partial charge in [0.1, 0.15) is 17.3 Å². The summed E-state index contributed by atoms with van der Waals surface area (Å²) in [6, 6.07) is 6.99. The molecule has 1 aromatic carbocycles. The molecule has 0 radical (unpaired) electrons. The van der Waals surface area contributed by atoms with Crippen molar-refractivity contribution in [1.29, 1.82) is 0 Å². The van der Waals surface area contributed by atoms with E-state index in [1.54, 1.807) is 46.3 Å². The minimum absolute atomic E-state index is 0.321. The lowest BCUT2D eigenvalue weighted by molar-refractivity contribution is 0.0953. The summed E-state index contributed by atoms with van der Waals surface area (Å²) in [4.78, 5) is 12.0. The van der Waals surface area contributed by atoms with Crippen molar-refractivity contribution in [2.75, 3.05) is 14.2 Å². The highest BCUT2D eigenvalue weighted by Gasteiger charge is 2.12. The summed E-state index contributed by atoms with van der Waals surface area (Å²) in [5, 5.41) is 4.11. The number of furan rings is 1. The van der Waals surface area contributed by atoms with Gasteiger partial charge in [-0.3, -0.25) is 4.79 Å². The van der Waals surface area contributed by atoms with E-state index in [1.165, 1.54) is 6.26 Å². The molecule has 1 heterocycles. The maximum Gasteiger partial charge on any atom is 0.274 e. The van der Waals surface area contributed by atoms with E-state index in [1.807, 2.05) is 6.07 Å². The lowest BCUT2D eigenvalue weighted by Crippen LogP contribution is -2.19. The van der Waals surface area contributed by atoms with Crippen molar-refractivity contribution in [2.24, 2.45) is 5.10 Å². The van der Waals surface area contributed by atoms with Gasteiger partial charge in [0, 0.05) is 11.6 Å². The second-order valence-electron chi connectivity index (χ2n) is 4.59. The van der Waals surface area contributed by atoms with Crippen LogP contribution in [0.3, 0.4) is 0 Å². The molecule has 0 atom stereocenters. The fraction of sp³-hybridized carbons (Fsp3) is 0.250. The van der Waals surface area contributed by atoms with Crippen LogP contribution in [-0.4, -0.2) is 25.8 Å². The van der Waals surface area contributed by atoms with Crippen molar-refractivity contribution < 1.29 is 18.7 Å². The molecule has 2 aromatic rings. The summed E-state index contributed by atoms with van der Waals surface area (Å²) < 4.78 is 15.6. The van der Waals surface area contributed by atoms with Crippen molar-refractivity contribution in [3.05, 3.63) is 47.4 Å². The Labute approximate surface area is 128 Å². The number of hydrogen-bond donors (Lipinski definition) is 1. The number of carbonyl (C=O) groups is 1. The van der Waals surface area contributed by atoms with Crippen LogP contribution in [0.2, 0.25) is 0 Å². The van der Waals surface area contributed by atoms with Crippen LogP contribution in [-0.2, 0) is 0 Å². The predicted octanol–water partition coefficient (Wildman–Crippen LogP) is 2.76. The van der Waals surface area contributed by atoms with Gasteiger partial charge in [0.05, 0.1) is 31.8 Å². The first kappa shape index (κ1) is 15.6. The molecule has 0 aliphatic carbocycles. The molecule has 0 aliphatic rings. The summed E-state index contributed by atoms with van der Waals surface area (Å²) in [6.07, 6.45) is 1.47. The van der Waals surface area contributed by atoms with Gasteiger partial charge in [0.25, 0.3) is 5.91 Å². The Morgan fingerprint density at radius 1 is 1.18 bits per heavy atom. The van der Waals surface area contributed by atoms with Gasteiger partial charge in [-0.2, -0.15) is 5.10 Å². The number of hydrazone groups is 1. The summed E-state index contributed by atoms with van der Waals surface area (Å²) in [5.41, 5.74) is 4.35. The Balaban J connectivity index is 2.19. The largest absolute Gasteiger partial charge is 0.497 e. The van der Waals surface area contributed by atoms with Crippen molar-refractivity contribution in [2.45, 2.75) is 13.8 Å². The molecule has 0 aliphatic heterocycles. The van der Waals surface area contributed by atoms with Crippen LogP contribution >= 0.6 is 0 Å². The molecule has 1 aromatic heterocycles. The van der Waals surface area contributed by atoms with Crippen molar-refractivity contribution in [3.63, 3.8) is 0 Å². The number of methoxy groups -OCH3 is 2. The summed E-state index contributed by atoms with van der Waals surface area (Å²) in [7, 11) is 3.15. The Bertz CT molecular complexity index is 704. The minimum Gasteiger partial charge on any atom is -0.497 e. The molecule has 6 nitrogen and oxygen atoms in total. The molecule has 1 N–H and O–H groups in total. The summed E-state index contributed by atoms with van der Waals surface area (Å²) >= 11 is 0. The molecule has 0 saturated carbocycles. The average Bonchev–Trinajstić information content (AvgIpc) is 2.97. The van der Waals surface area contributed by atoms with Gasteiger partial charge in [0.2, 0.25) is 0 Å². The molecule has 0 saturated heterocycles. The third kappa shape index (κ3) is 3.28. The Kier molecular flexibility index (Phi) is 4.83. The number of carbonyl (C=O) groups excluding carboxylic acids is 1. The molecule has 0 bridgehead atoms. The van der Waals surface area contributed by atoms with E-state index >= 15 is 0 Å². The van der Waals surface area contributed by atoms with Crippen LogP contribution in [0.4, 0.5) is 0 Å². The lowest BCUT2D eigenvalue weighted by Gasteiger charge is -2.10. The number of rotatable bonds is 5. The van der Waals surface area contributed by atoms with Gasteiger partial charge >= 0.3 is 0 Å². The first-order valence-corrected chi connectivity index (χ1v) is 6.68. The summed E-state index contributed by atoms with van der Waals surface area (Å²) in [6.45, 7) is 3.50. The lowest BCUT2D eigenvalue weighted by atomic mass is 10.1. The Hall–Kier alpha value is -2.76. The van der Waals surface area contributed by atoms with Crippen LogP contribution in [0.1, 0.15) is 28.6 Å². The molecular formula is C16H18N2O4. The third-order valence-corrected chi connectivity index (χ3v) is 3.23. The minimum atomic E-state index is -0.321. The molecule has 0 unspecified atom stereocenters. The van der Waals surface area contributed by atoms with Gasteiger partial charge < -0.3 is 13.9 Å². The molecule has 0 fully saturated rings. The predicted molar refractivity (Wildman–Crippen MR) is 82.7 cm³/mol. The van der Waals surface area contributed by atoms with Crippen molar-refractivity contribution in [3.8, 4) is 11.5 Å². The number of benzene rings is 1. The van der Waals surface area contributed by atoms with E-state index in [0.29, 0.717) is 28.5 Å². The topological polar surface area (TPSA) is 73.1 Å². The molecule has 116 valence electrons. The zero-order valence-corrected chi connectivity index (χ0v) is 13.0. The molecule has 0 spiro atoms. The monoisotopic (exact) mass is 302 g/mol. The first-order valence-electron chi connectivity index (χ1n) is 6.68. The van der Waals surface area contributed by atoms with Crippen LogP contribution in [0.15, 0.2) is 40.0 Å². The molecule has 22 heavy (non-hydrogen) atoms. The zero-order chi connectivity index (χ0) is 16.1. The molecule has 1 amide bonds. The second kappa shape index (κ2) is 6.80. The number of nitrogens with one attached hydrogen (secondary N) is 1. The first-order chi connectivity index (χ1) is 10.6. The highest BCUT2D eigenvalue weighted by atomic mass is 16.5. The summed E-state index contributed by atoms with van der Waals surface area (Å²) in [5.74, 6) is 1.53. The maximum absolute atomic E-state index is 12.0. The van der Waals surface area contributed by atoms with Gasteiger partial charge in [0.15, 0.2) is 0 Å². The molecule has 2 rings (SSSR count). The average molecular weight is 302 g/mol. The van der Waals surface area contributed by atoms with Crippen molar-refractivity contribution >= 4 is 11.6 Å². The van der Waals surface area contributed by atoms with E-state index < -0.39 is 0 Å². The number of ether oxygens (including phenoxy) is 2. The Morgan fingerprint density at radius 2 is 1.95 bits per heavy atom. The number of hydrogen-bond acceptors (Lipinski definition) is 5. The second-order valence-corrected chi connectivity index (χ2v) is 4.59. The van der Waals surface area contributed by atoms with Gasteiger partial charge in [-0.1, -0.05) is 0 Å². The smallest absolute Gasteiger partial charge is 0.274 e. The zero-order valence-electron chi connectivity index (χ0n) is 13.0. The standard InChI is InChI=1S/C16H18N2O4/c1-10(13-6-5-12(20-3)9-15(13)21-4)17-18-16(19)14-7-8-22-11(14)2/h5-9H,1-4H3,(H,18,19)/b17-10-. The van der Waals surface area contributed by atoms with E-state index in [9.17, 15) is 4.79 Å². The quantitative estimate of drug-likeness (QED) is 0.681. The van der Waals surface area contributed by atoms with Gasteiger partial charge in [-0.25, -0.2) is 5.43 Å². The van der Waals surface area contributed by atoms with Gasteiger partial charge in [-0.05, 0) is 32.0 Å². The SMILES string of the molecule is COc1ccc(/C(C)=N\NC(=O)c2ccoc2C)c(OC)c1. The highest BCUT2D eigenvalue weighted by molar-refractivity contribution is 6.03. The Morgan fingerprint density at radius 3 is 2.55 bits per heavy atom. The van der Waals surface area contributed by atoms with E-state index in [4.69, 9.17) is 13.9 Å². The number of amides is 1. The number of aryl methyl sites for hydroxylation is 1. The maximum atomic E-state index is 12.0. The third-order valence-electron chi connectivity index (χ3n) is 3.23. The van der Waals surface area contributed by atoms with Crippen LogP contribution in [0.25, 0.3) is 0 Å². The van der Waals surface area contributed by atoms with E-state index in [0.717, 1.165) is 5.56 Å². The van der Waals surface area contributed by atoms with Crippen LogP contribution in [0, 0.1) is 6.92 Å². The fourth-order valence-corrected chi connectivity index (χ4v) is 1.97. The van der Waals surface area contributed by atoms with E-state index in [-0.39, 0.29) is 5.91 Å². The fourth-order valence-electron chi connectivity index (χ4n) is 1.97. The highest BCUT2D eigenvalue weighted by Crippen LogP contribution is 2.25. The molecule has 6 heteroatoms. The van der Waals surface area contributed by atoms with Crippen LogP contribution < -0.4 is 14.9 Å². The molecular weight excluding hydrogens is 284 g/mol. The normalized spacial score (nSPS) is 11.2.